The van der Waals surface area contributed by atoms with Crippen LogP contribution >= 0.6 is 0 Å². The van der Waals surface area contributed by atoms with Crippen LogP contribution in [0.2, 0.25) is 0 Å². The first-order valence-corrected chi connectivity index (χ1v) is 7.53. The summed E-state index contributed by atoms with van der Waals surface area (Å²) in [6.45, 7) is 15.5. The Morgan fingerprint density at radius 1 is 0.947 bits per heavy atom. The number of rotatable bonds is 3. The van der Waals surface area contributed by atoms with Gasteiger partial charge in [-0.1, -0.05) is 27.7 Å². The smallest absolute Gasteiger partial charge is 0.131 e. The molecule has 0 saturated carbocycles. The van der Waals surface area contributed by atoms with Crippen molar-refractivity contribution in [3.8, 4) is 0 Å². The van der Waals surface area contributed by atoms with Gasteiger partial charge < -0.3 is 0 Å². The Hall–Kier alpha value is -0.960. The van der Waals surface area contributed by atoms with Crippen LogP contribution < -0.4 is 0 Å². The van der Waals surface area contributed by atoms with Crippen LogP contribution in [0.4, 0.5) is 0 Å². The number of fused-ring (bicyclic) bond motifs is 1. The third kappa shape index (κ3) is 2.97. The standard InChI is InChI=1S/C16H27N3/c1-10(2)15-13-9-19(12(5)6)8-7-14(13)17-16(18-15)11(3)4/h10-12H,7-9H2,1-6H3. The molecular weight excluding hydrogens is 234 g/mol. The summed E-state index contributed by atoms with van der Waals surface area (Å²) in [7, 11) is 0. The van der Waals surface area contributed by atoms with Gasteiger partial charge in [0.2, 0.25) is 0 Å². The molecule has 0 aliphatic carbocycles. The van der Waals surface area contributed by atoms with E-state index in [1.54, 1.807) is 0 Å². The van der Waals surface area contributed by atoms with E-state index in [0.717, 1.165) is 25.3 Å². The van der Waals surface area contributed by atoms with Crippen molar-refractivity contribution in [1.82, 2.24) is 14.9 Å². The Kier molecular flexibility index (Phi) is 4.24. The molecule has 0 radical (unpaired) electrons. The minimum absolute atomic E-state index is 0.408. The van der Waals surface area contributed by atoms with Crippen LogP contribution in [-0.2, 0) is 13.0 Å². The van der Waals surface area contributed by atoms with Gasteiger partial charge in [-0.15, -0.1) is 0 Å². The molecule has 1 aromatic rings. The average Bonchev–Trinajstić information content (AvgIpc) is 2.36. The van der Waals surface area contributed by atoms with Crippen molar-refractivity contribution in [2.24, 2.45) is 0 Å². The maximum atomic E-state index is 4.84. The molecule has 0 bridgehead atoms. The highest BCUT2D eigenvalue weighted by molar-refractivity contribution is 5.31. The van der Waals surface area contributed by atoms with Gasteiger partial charge >= 0.3 is 0 Å². The van der Waals surface area contributed by atoms with Crippen LogP contribution in [0.5, 0.6) is 0 Å². The fourth-order valence-electron chi connectivity index (χ4n) is 2.66. The molecule has 0 amide bonds. The minimum Gasteiger partial charge on any atom is -0.296 e. The Bertz CT molecular complexity index is 450. The summed E-state index contributed by atoms with van der Waals surface area (Å²) >= 11 is 0. The van der Waals surface area contributed by atoms with E-state index in [1.165, 1.54) is 17.0 Å². The lowest BCUT2D eigenvalue weighted by Gasteiger charge is -2.33. The normalized spacial score (nSPS) is 16.5. The third-order valence-electron chi connectivity index (χ3n) is 3.93. The van der Waals surface area contributed by atoms with E-state index in [2.05, 4.69) is 46.4 Å². The van der Waals surface area contributed by atoms with E-state index in [-0.39, 0.29) is 0 Å². The molecule has 1 aliphatic heterocycles. The van der Waals surface area contributed by atoms with Crippen LogP contribution in [-0.4, -0.2) is 27.5 Å². The van der Waals surface area contributed by atoms with E-state index in [4.69, 9.17) is 9.97 Å². The Labute approximate surface area is 117 Å². The second kappa shape index (κ2) is 5.58. The molecule has 0 saturated heterocycles. The molecule has 19 heavy (non-hydrogen) atoms. The SMILES string of the molecule is CC(C)c1nc2c(c(C(C)C)n1)CN(C(C)C)CC2. The van der Waals surface area contributed by atoms with Gasteiger partial charge in [-0.2, -0.15) is 0 Å². The largest absolute Gasteiger partial charge is 0.296 e. The molecule has 3 heteroatoms. The summed E-state index contributed by atoms with van der Waals surface area (Å²) < 4.78 is 0. The van der Waals surface area contributed by atoms with Crippen molar-refractivity contribution >= 4 is 0 Å². The Morgan fingerprint density at radius 3 is 2.16 bits per heavy atom. The van der Waals surface area contributed by atoms with E-state index in [9.17, 15) is 0 Å². The highest BCUT2D eigenvalue weighted by Gasteiger charge is 2.25. The van der Waals surface area contributed by atoms with Crippen molar-refractivity contribution in [2.45, 2.75) is 72.4 Å². The number of hydrogen-bond donors (Lipinski definition) is 0. The summed E-state index contributed by atoms with van der Waals surface area (Å²) in [5.41, 5.74) is 3.94. The van der Waals surface area contributed by atoms with Crippen molar-refractivity contribution in [3.63, 3.8) is 0 Å². The van der Waals surface area contributed by atoms with E-state index in [1.807, 2.05) is 0 Å². The first kappa shape index (κ1) is 14.4. The second-order valence-electron chi connectivity index (χ2n) is 6.52. The molecular formula is C16H27N3. The molecule has 3 nitrogen and oxygen atoms in total. The van der Waals surface area contributed by atoms with Gasteiger partial charge in [-0.25, -0.2) is 9.97 Å². The molecule has 0 N–H and O–H groups in total. The second-order valence-corrected chi connectivity index (χ2v) is 6.52. The lowest BCUT2D eigenvalue weighted by Crippen LogP contribution is -2.37. The zero-order chi connectivity index (χ0) is 14.2. The quantitative estimate of drug-likeness (QED) is 0.834. The van der Waals surface area contributed by atoms with Crippen molar-refractivity contribution in [1.29, 1.82) is 0 Å². The molecule has 2 rings (SSSR count). The topological polar surface area (TPSA) is 29.0 Å². The van der Waals surface area contributed by atoms with Gasteiger partial charge in [0.25, 0.3) is 0 Å². The predicted molar refractivity (Wildman–Crippen MR) is 79.5 cm³/mol. The van der Waals surface area contributed by atoms with E-state index in [0.29, 0.717) is 17.9 Å². The summed E-state index contributed by atoms with van der Waals surface area (Å²) in [5, 5.41) is 0. The lowest BCUT2D eigenvalue weighted by atomic mass is 9.96. The van der Waals surface area contributed by atoms with Crippen LogP contribution in [0.3, 0.4) is 0 Å². The van der Waals surface area contributed by atoms with Gasteiger partial charge in [0.1, 0.15) is 5.82 Å². The lowest BCUT2D eigenvalue weighted by molar-refractivity contribution is 0.200. The first-order valence-electron chi connectivity index (χ1n) is 7.53. The highest BCUT2D eigenvalue weighted by atomic mass is 15.2. The predicted octanol–water partition coefficient (Wildman–Crippen LogP) is 3.49. The van der Waals surface area contributed by atoms with Gasteiger partial charge in [-0.3, -0.25) is 4.90 Å². The number of nitrogens with zero attached hydrogens (tertiary/aromatic N) is 3. The van der Waals surface area contributed by atoms with Crippen molar-refractivity contribution in [2.75, 3.05) is 6.54 Å². The van der Waals surface area contributed by atoms with Crippen LogP contribution in [0, 0.1) is 0 Å². The average molecular weight is 261 g/mol. The van der Waals surface area contributed by atoms with Crippen LogP contribution in [0.15, 0.2) is 0 Å². The molecule has 1 aromatic heterocycles. The summed E-state index contributed by atoms with van der Waals surface area (Å²) in [6, 6.07) is 0.595. The molecule has 106 valence electrons. The van der Waals surface area contributed by atoms with Gasteiger partial charge in [0.05, 0.1) is 11.4 Å². The zero-order valence-electron chi connectivity index (χ0n) is 13.2. The summed E-state index contributed by atoms with van der Waals surface area (Å²) in [5.74, 6) is 1.90. The molecule has 0 unspecified atom stereocenters. The minimum atomic E-state index is 0.408. The maximum absolute atomic E-state index is 4.84. The van der Waals surface area contributed by atoms with Crippen LogP contribution in [0.25, 0.3) is 0 Å². The molecule has 1 aliphatic rings. The molecule has 0 aromatic carbocycles. The molecule has 0 fully saturated rings. The van der Waals surface area contributed by atoms with Crippen molar-refractivity contribution < 1.29 is 0 Å². The first-order chi connectivity index (χ1) is 8.90. The Morgan fingerprint density at radius 2 is 1.63 bits per heavy atom. The molecule has 0 atom stereocenters. The highest BCUT2D eigenvalue weighted by Crippen LogP contribution is 2.27. The molecule has 2 heterocycles. The third-order valence-corrected chi connectivity index (χ3v) is 3.93. The Balaban J connectivity index is 2.44. The van der Waals surface area contributed by atoms with Gasteiger partial charge in [0.15, 0.2) is 0 Å². The van der Waals surface area contributed by atoms with Crippen molar-refractivity contribution in [3.05, 3.63) is 22.8 Å². The maximum Gasteiger partial charge on any atom is 0.131 e. The summed E-state index contributed by atoms with van der Waals surface area (Å²) in [6.07, 6.45) is 1.06. The number of hydrogen-bond acceptors (Lipinski definition) is 3. The number of aromatic nitrogens is 2. The monoisotopic (exact) mass is 261 g/mol. The molecule has 0 spiro atoms. The zero-order valence-corrected chi connectivity index (χ0v) is 13.2. The fourth-order valence-corrected chi connectivity index (χ4v) is 2.66. The van der Waals surface area contributed by atoms with E-state index >= 15 is 0 Å². The van der Waals surface area contributed by atoms with Gasteiger partial charge in [-0.05, 0) is 19.8 Å². The van der Waals surface area contributed by atoms with Crippen LogP contribution in [0.1, 0.15) is 76.2 Å². The van der Waals surface area contributed by atoms with E-state index < -0.39 is 0 Å². The fraction of sp³-hybridized carbons (Fsp3) is 0.750. The van der Waals surface area contributed by atoms with Gasteiger partial charge in [0, 0.05) is 37.0 Å². The summed E-state index contributed by atoms with van der Waals surface area (Å²) in [4.78, 5) is 12.2.